The molecule has 0 saturated heterocycles. The van der Waals surface area contributed by atoms with Gasteiger partial charge in [0.15, 0.2) is 0 Å². The lowest BCUT2D eigenvalue weighted by Crippen LogP contribution is -2.28. The van der Waals surface area contributed by atoms with Crippen molar-refractivity contribution in [2.75, 3.05) is 19.5 Å². The van der Waals surface area contributed by atoms with Crippen LogP contribution in [0.4, 0.5) is 0 Å². The highest BCUT2D eigenvalue weighted by Gasteiger charge is 2.10. The van der Waals surface area contributed by atoms with Crippen molar-refractivity contribution in [3.63, 3.8) is 0 Å². The summed E-state index contributed by atoms with van der Waals surface area (Å²) in [6.45, 7) is 0.530. The summed E-state index contributed by atoms with van der Waals surface area (Å²) in [5.41, 5.74) is 0.530. The van der Waals surface area contributed by atoms with Gasteiger partial charge in [0.2, 0.25) is 0 Å². The number of hydrogen-bond donors (Lipinski definition) is 0. The number of rotatable bonds is 3. The van der Waals surface area contributed by atoms with Gasteiger partial charge in [-0.15, -0.1) is 11.6 Å². The van der Waals surface area contributed by atoms with E-state index < -0.39 is 0 Å². The average Bonchev–Trinajstić information content (AvgIpc) is 2.18. The number of halogens is 1. The van der Waals surface area contributed by atoms with Gasteiger partial charge < -0.3 is 4.90 Å². The quantitative estimate of drug-likeness (QED) is 0.677. The number of nitrogens with zero attached hydrogens (tertiary/aromatic N) is 3. The molecule has 70 valence electrons. The maximum absolute atomic E-state index is 11.5. The molecule has 0 unspecified atom stereocenters. The summed E-state index contributed by atoms with van der Waals surface area (Å²) in [7, 11) is 1.70. The molecule has 4 nitrogen and oxygen atoms in total. The second-order valence-electron chi connectivity index (χ2n) is 2.55. The Labute approximate surface area is 81.5 Å². The largest absolute Gasteiger partial charge is 0.340 e. The third-order valence-electron chi connectivity index (χ3n) is 1.60. The Morgan fingerprint density at radius 3 is 2.92 bits per heavy atom. The SMILES string of the molecule is CN(CCCl)C(=O)c1ccnnc1. The van der Waals surface area contributed by atoms with Crippen molar-refractivity contribution >= 4 is 17.5 Å². The second-order valence-corrected chi connectivity index (χ2v) is 2.92. The van der Waals surface area contributed by atoms with Crippen molar-refractivity contribution in [2.45, 2.75) is 0 Å². The average molecular weight is 200 g/mol. The Hall–Kier alpha value is -1.16. The minimum Gasteiger partial charge on any atom is -0.340 e. The molecule has 5 heteroatoms. The van der Waals surface area contributed by atoms with Gasteiger partial charge in [-0.2, -0.15) is 10.2 Å². The standard InChI is InChI=1S/C8H10ClN3O/c1-12(5-3-9)8(13)7-2-4-10-11-6-7/h2,4,6H,3,5H2,1H3. The highest BCUT2D eigenvalue weighted by molar-refractivity contribution is 6.18. The summed E-state index contributed by atoms with van der Waals surface area (Å²) in [4.78, 5) is 13.1. The molecule has 0 aliphatic carbocycles. The van der Waals surface area contributed by atoms with Crippen LogP contribution < -0.4 is 0 Å². The van der Waals surface area contributed by atoms with E-state index in [0.717, 1.165) is 0 Å². The monoisotopic (exact) mass is 199 g/mol. The molecule has 0 radical (unpaired) electrons. The number of hydrogen-bond acceptors (Lipinski definition) is 3. The molecule has 0 bridgehead atoms. The third kappa shape index (κ3) is 2.66. The molecular weight excluding hydrogens is 190 g/mol. The minimum absolute atomic E-state index is 0.0875. The fourth-order valence-electron chi connectivity index (χ4n) is 0.866. The van der Waals surface area contributed by atoms with Crippen LogP contribution in [0.5, 0.6) is 0 Å². The summed E-state index contributed by atoms with van der Waals surface area (Å²) in [5.74, 6) is 0.344. The first-order valence-corrected chi connectivity index (χ1v) is 4.37. The topological polar surface area (TPSA) is 46.1 Å². The fraction of sp³-hybridized carbons (Fsp3) is 0.375. The van der Waals surface area contributed by atoms with Crippen LogP contribution in [0.2, 0.25) is 0 Å². The first kappa shape index (κ1) is 9.92. The number of carbonyl (C=O) groups is 1. The van der Waals surface area contributed by atoms with E-state index in [-0.39, 0.29) is 5.91 Å². The summed E-state index contributed by atoms with van der Waals surface area (Å²) in [6.07, 6.45) is 2.93. The number of carbonyl (C=O) groups excluding carboxylic acids is 1. The third-order valence-corrected chi connectivity index (χ3v) is 1.77. The first-order valence-electron chi connectivity index (χ1n) is 3.84. The molecule has 0 aromatic carbocycles. The molecular formula is C8H10ClN3O. The lowest BCUT2D eigenvalue weighted by atomic mass is 10.3. The maximum atomic E-state index is 11.5. The summed E-state index contributed by atoms with van der Waals surface area (Å²) < 4.78 is 0. The highest BCUT2D eigenvalue weighted by atomic mass is 35.5. The number of alkyl halides is 1. The summed E-state index contributed by atoms with van der Waals surface area (Å²) in [6, 6.07) is 1.63. The molecule has 0 atom stereocenters. The molecule has 1 heterocycles. The van der Waals surface area contributed by atoms with Crippen molar-refractivity contribution in [3.8, 4) is 0 Å². The van der Waals surface area contributed by atoms with Crippen LogP contribution in [0.25, 0.3) is 0 Å². The van der Waals surface area contributed by atoms with Crippen molar-refractivity contribution in [2.24, 2.45) is 0 Å². The van der Waals surface area contributed by atoms with Gasteiger partial charge in [0, 0.05) is 19.5 Å². The molecule has 0 spiro atoms. The zero-order valence-electron chi connectivity index (χ0n) is 7.27. The molecule has 1 rings (SSSR count). The van der Waals surface area contributed by atoms with Crippen LogP contribution in [0.1, 0.15) is 10.4 Å². The highest BCUT2D eigenvalue weighted by Crippen LogP contribution is 1.99. The van der Waals surface area contributed by atoms with E-state index in [1.165, 1.54) is 12.4 Å². The summed E-state index contributed by atoms with van der Waals surface area (Å²) in [5, 5.41) is 7.20. The molecule has 1 aromatic rings. The van der Waals surface area contributed by atoms with Crippen molar-refractivity contribution in [1.29, 1.82) is 0 Å². The Balaban J connectivity index is 2.68. The molecule has 0 fully saturated rings. The maximum Gasteiger partial charge on any atom is 0.255 e. The van der Waals surface area contributed by atoms with E-state index in [2.05, 4.69) is 10.2 Å². The van der Waals surface area contributed by atoms with Crippen LogP contribution in [0, 0.1) is 0 Å². The number of amides is 1. The molecule has 0 saturated carbocycles. The molecule has 0 aliphatic rings. The lowest BCUT2D eigenvalue weighted by Gasteiger charge is -2.14. The first-order chi connectivity index (χ1) is 6.25. The predicted molar refractivity (Wildman–Crippen MR) is 49.7 cm³/mol. The summed E-state index contributed by atoms with van der Waals surface area (Å²) >= 11 is 5.51. The van der Waals surface area contributed by atoms with E-state index in [0.29, 0.717) is 18.0 Å². The predicted octanol–water partition coefficient (Wildman–Crippen LogP) is 0.787. The van der Waals surface area contributed by atoms with Gasteiger partial charge in [0.1, 0.15) is 0 Å². The Kier molecular flexibility index (Phi) is 3.64. The normalized spacial score (nSPS) is 9.69. The Morgan fingerprint density at radius 2 is 2.38 bits per heavy atom. The van der Waals surface area contributed by atoms with Gasteiger partial charge in [-0.1, -0.05) is 0 Å². The van der Waals surface area contributed by atoms with Crippen LogP contribution in [-0.4, -0.2) is 40.5 Å². The molecule has 0 aliphatic heterocycles. The van der Waals surface area contributed by atoms with Crippen molar-refractivity contribution in [1.82, 2.24) is 15.1 Å². The van der Waals surface area contributed by atoms with E-state index in [1.54, 1.807) is 18.0 Å². The zero-order valence-corrected chi connectivity index (χ0v) is 8.03. The van der Waals surface area contributed by atoms with Crippen LogP contribution in [0.15, 0.2) is 18.5 Å². The van der Waals surface area contributed by atoms with Crippen LogP contribution in [-0.2, 0) is 0 Å². The second kappa shape index (κ2) is 4.77. The molecule has 1 amide bonds. The molecule has 13 heavy (non-hydrogen) atoms. The van der Waals surface area contributed by atoms with Crippen molar-refractivity contribution in [3.05, 3.63) is 24.0 Å². The van der Waals surface area contributed by atoms with E-state index in [9.17, 15) is 4.79 Å². The van der Waals surface area contributed by atoms with Crippen LogP contribution in [0.3, 0.4) is 0 Å². The van der Waals surface area contributed by atoms with Gasteiger partial charge in [-0.25, -0.2) is 0 Å². The smallest absolute Gasteiger partial charge is 0.255 e. The van der Waals surface area contributed by atoms with Gasteiger partial charge in [-0.3, -0.25) is 4.79 Å². The zero-order chi connectivity index (χ0) is 9.68. The van der Waals surface area contributed by atoms with E-state index in [4.69, 9.17) is 11.6 Å². The van der Waals surface area contributed by atoms with Gasteiger partial charge in [0.05, 0.1) is 18.0 Å². The number of aromatic nitrogens is 2. The Bertz CT molecular complexity index is 278. The van der Waals surface area contributed by atoms with E-state index in [1.807, 2.05) is 0 Å². The van der Waals surface area contributed by atoms with Gasteiger partial charge >= 0.3 is 0 Å². The van der Waals surface area contributed by atoms with Crippen molar-refractivity contribution < 1.29 is 4.79 Å². The van der Waals surface area contributed by atoms with Gasteiger partial charge in [-0.05, 0) is 6.07 Å². The molecule has 1 aromatic heterocycles. The van der Waals surface area contributed by atoms with E-state index >= 15 is 0 Å². The van der Waals surface area contributed by atoms with Crippen LogP contribution >= 0.6 is 11.6 Å². The fourth-order valence-corrected chi connectivity index (χ4v) is 1.12. The lowest BCUT2D eigenvalue weighted by molar-refractivity contribution is 0.0802. The minimum atomic E-state index is -0.0875. The van der Waals surface area contributed by atoms with Gasteiger partial charge in [0.25, 0.3) is 5.91 Å². The molecule has 0 N–H and O–H groups in total. The Morgan fingerprint density at radius 1 is 1.62 bits per heavy atom.